The lowest BCUT2D eigenvalue weighted by Gasteiger charge is -2.07. The smallest absolute Gasteiger partial charge is 0.372 e. The average molecular weight is 210 g/mol. The van der Waals surface area contributed by atoms with Gasteiger partial charge in [0.2, 0.25) is 0 Å². The van der Waals surface area contributed by atoms with Gasteiger partial charge in [-0.25, -0.2) is 4.79 Å². The molecular weight excluding hydrogens is 196 g/mol. The van der Waals surface area contributed by atoms with Crippen LogP contribution in [-0.2, 0) is 4.74 Å². The van der Waals surface area contributed by atoms with E-state index in [0.29, 0.717) is 6.61 Å². The average Bonchev–Trinajstić information content (AvgIpc) is 2.12. The van der Waals surface area contributed by atoms with Crippen molar-refractivity contribution < 1.29 is 9.53 Å². The second-order valence-electron chi connectivity index (χ2n) is 3.01. The predicted molar refractivity (Wildman–Crippen MR) is 58.8 cm³/mol. The van der Waals surface area contributed by atoms with E-state index in [1.165, 1.54) is 0 Å². The maximum atomic E-state index is 11.3. The van der Waals surface area contributed by atoms with Crippen LogP contribution in [0.4, 0.5) is 4.79 Å². The molecule has 76 valence electrons. The summed E-state index contributed by atoms with van der Waals surface area (Å²) in [5.41, 5.74) is 2.23. The second-order valence-corrected chi connectivity index (χ2v) is 3.95. The van der Waals surface area contributed by atoms with Crippen LogP contribution in [0.25, 0.3) is 0 Å². The van der Waals surface area contributed by atoms with Crippen LogP contribution in [0.1, 0.15) is 18.1 Å². The Bertz CT molecular complexity index is 314. The Balaban J connectivity index is 2.80. The summed E-state index contributed by atoms with van der Waals surface area (Å²) < 4.78 is 4.88. The zero-order valence-electron chi connectivity index (χ0n) is 8.66. The van der Waals surface area contributed by atoms with Gasteiger partial charge >= 0.3 is 5.30 Å². The summed E-state index contributed by atoms with van der Waals surface area (Å²) in [5, 5.41) is -0.232. The lowest BCUT2D eigenvalue weighted by Crippen LogP contribution is -1.97. The van der Waals surface area contributed by atoms with E-state index in [1.807, 2.05) is 39.0 Å². The van der Waals surface area contributed by atoms with Gasteiger partial charge in [-0.3, -0.25) is 0 Å². The third kappa shape index (κ3) is 2.77. The van der Waals surface area contributed by atoms with Gasteiger partial charge < -0.3 is 4.74 Å². The van der Waals surface area contributed by atoms with E-state index in [9.17, 15) is 4.79 Å². The van der Waals surface area contributed by atoms with Gasteiger partial charge in [-0.05, 0) is 43.7 Å². The molecule has 1 rings (SSSR count). The lowest BCUT2D eigenvalue weighted by molar-refractivity contribution is 0.181. The van der Waals surface area contributed by atoms with Gasteiger partial charge in [0.1, 0.15) is 0 Å². The van der Waals surface area contributed by atoms with Crippen LogP contribution in [-0.4, -0.2) is 11.9 Å². The number of rotatable bonds is 2. The first kappa shape index (κ1) is 11.1. The summed E-state index contributed by atoms with van der Waals surface area (Å²) in [6.45, 7) is 6.23. The minimum atomic E-state index is -0.232. The largest absolute Gasteiger partial charge is 0.458 e. The van der Waals surface area contributed by atoms with Gasteiger partial charge in [-0.1, -0.05) is 18.2 Å². The number of thioether (sulfide) groups is 1. The van der Waals surface area contributed by atoms with Gasteiger partial charge in [-0.2, -0.15) is 0 Å². The fraction of sp³-hybridized carbons (Fsp3) is 0.364. The molecule has 0 aliphatic carbocycles. The Morgan fingerprint density at radius 2 is 1.93 bits per heavy atom. The molecule has 0 heterocycles. The van der Waals surface area contributed by atoms with Crippen molar-refractivity contribution in [2.75, 3.05) is 6.61 Å². The van der Waals surface area contributed by atoms with Crippen LogP contribution >= 0.6 is 11.8 Å². The van der Waals surface area contributed by atoms with Crippen molar-refractivity contribution in [3.8, 4) is 0 Å². The first-order valence-electron chi connectivity index (χ1n) is 4.56. The maximum absolute atomic E-state index is 11.3. The van der Waals surface area contributed by atoms with Crippen LogP contribution in [0.2, 0.25) is 0 Å². The fourth-order valence-electron chi connectivity index (χ4n) is 1.19. The van der Waals surface area contributed by atoms with Gasteiger partial charge in [-0.15, -0.1) is 0 Å². The first-order valence-corrected chi connectivity index (χ1v) is 5.37. The minimum Gasteiger partial charge on any atom is -0.458 e. The van der Waals surface area contributed by atoms with E-state index in [-0.39, 0.29) is 5.30 Å². The second kappa shape index (κ2) is 5.05. The number of hydrogen-bond acceptors (Lipinski definition) is 3. The van der Waals surface area contributed by atoms with Crippen molar-refractivity contribution in [2.45, 2.75) is 25.7 Å². The van der Waals surface area contributed by atoms with Crippen LogP contribution in [0.15, 0.2) is 23.1 Å². The minimum absolute atomic E-state index is 0.232. The number of carbonyl (C=O) groups is 1. The van der Waals surface area contributed by atoms with Crippen molar-refractivity contribution >= 4 is 17.1 Å². The molecule has 0 saturated heterocycles. The van der Waals surface area contributed by atoms with E-state index in [1.54, 1.807) is 0 Å². The first-order chi connectivity index (χ1) is 6.65. The number of ether oxygens (including phenoxy) is 1. The lowest BCUT2D eigenvalue weighted by atomic mass is 10.2. The molecule has 0 aliphatic heterocycles. The molecule has 0 N–H and O–H groups in total. The normalized spacial score (nSPS) is 9.93. The topological polar surface area (TPSA) is 26.3 Å². The SMILES string of the molecule is CCOC(=O)Sc1c(C)cccc1C. The van der Waals surface area contributed by atoms with Crippen LogP contribution in [0.5, 0.6) is 0 Å². The Morgan fingerprint density at radius 3 is 2.43 bits per heavy atom. The van der Waals surface area contributed by atoms with E-state index in [2.05, 4.69) is 0 Å². The molecule has 0 bridgehead atoms. The molecule has 0 saturated carbocycles. The van der Waals surface area contributed by atoms with E-state index in [4.69, 9.17) is 4.74 Å². The summed E-state index contributed by atoms with van der Waals surface area (Å²) in [7, 11) is 0. The fourth-order valence-corrected chi connectivity index (χ4v) is 1.99. The van der Waals surface area contributed by atoms with Crippen molar-refractivity contribution in [2.24, 2.45) is 0 Å². The highest BCUT2D eigenvalue weighted by atomic mass is 32.2. The predicted octanol–water partition coefficient (Wildman–Crippen LogP) is 3.55. The highest BCUT2D eigenvalue weighted by Gasteiger charge is 2.09. The summed E-state index contributed by atoms with van der Waals surface area (Å²) in [6, 6.07) is 5.98. The molecule has 2 nitrogen and oxygen atoms in total. The highest BCUT2D eigenvalue weighted by molar-refractivity contribution is 8.13. The summed E-state index contributed by atoms with van der Waals surface area (Å²) in [6.07, 6.45) is 0. The molecule has 0 spiro atoms. The summed E-state index contributed by atoms with van der Waals surface area (Å²) in [5.74, 6) is 0. The monoisotopic (exact) mass is 210 g/mol. The molecule has 14 heavy (non-hydrogen) atoms. The molecule has 0 atom stereocenters. The Hall–Kier alpha value is -0.960. The van der Waals surface area contributed by atoms with E-state index in [0.717, 1.165) is 27.8 Å². The zero-order chi connectivity index (χ0) is 10.6. The van der Waals surface area contributed by atoms with Gasteiger partial charge in [0.05, 0.1) is 6.61 Å². The Kier molecular flexibility index (Phi) is 4.01. The molecule has 0 unspecified atom stereocenters. The zero-order valence-corrected chi connectivity index (χ0v) is 9.48. The number of benzene rings is 1. The summed E-state index contributed by atoms with van der Waals surface area (Å²) >= 11 is 1.16. The molecule has 0 aromatic heterocycles. The van der Waals surface area contributed by atoms with Gasteiger partial charge in [0, 0.05) is 4.90 Å². The van der Waals surface area contributed by atoms with Crippen molar-refractivity contribution in [1.29, 1.82) is 0 Å². The van der Waals surface area contributed by atoms with Crippen molar-refractivity contribution in [3.05, 3.63) is 29.3 Å². The Labute approximate surface area is 88.7 Å². The quantitative estimate of drug-likeness (QED) is 0.551. The summed E-state index contributed by atoms with van der Waals surface area (Å²) in [4.78, 5) is 12.3. The third-order valence-corrected chi connectivity index (χ3v) is 2.99. The molecule has 0 radical (unpaired) electrons. The Morgan fingerprint density at radius 1 is 1.36 bits per heavy atom. The molecular formula is C11H14O2S. The number of carbonyl (C=O) groups excluding carboxylic acids is 1. The molecule has 3 heteroatoms. The van der Waals surface area contributed by atoms with Gasteiger partial charge in [0.15, 0.2) is 0 Å². The van der Waals surface area contributed by atoms with E-state index >= 15 is 0 Å². The standard InChI is InChI=1S/C11H14O2S/c1-4-13-11(12)14-10-8(2)6-5-7-9(10)3/h5-7H,4H2,1-3H3. The van der Waals surface area contributed by atoms with Crippen molar-refractivity contribution in [1.82, 2.24) is 0 Å². The maximum Gasteiger partial charge on any atom is 0.372 e. The molecule has 1 aromatic rings. The molecule has 0 fully saturated rings. The highest BCUT2D eigenvalue weighted by Crippen LogP contribution is 2.27. The molecule has 0 aliphatic rings. The van der Waals surface area contributed by atoms with Crippen molar-refractivity contribution in [3.63, 3.8) is 0 Å². The molecule has 1 aromatic carbocycles. The third-order valence-electron chi connectivity index (χ3n) is 1.86. The van der Waals surface area contributed by atoms with Crippen LogP contribution in [0.3, 0.4) is 0 Å². The number of aryl methyl sites for hydroxylation is 2. The van der Waals surface area contributed by atoms with Crippen LogP contribution in [0, 0.1) is 13.8 Å². The number of hydrogen-bond donors (Lipinski definition) is 0. The van der Waals surface area contributed by atoms with Crippen LogP contribution < -0.4 is 0 Å². The molecule has 0 amide bonds. The van der Waals surface area contributed by atoms with Gasteiger partial charge in [0.25, 0.3) is 0 Å². The van der Waals surface area contributed by atoms with E-state index < -0.39 is 0 Å².